The Morgan fingerprint density at radius 2 is 1.39 bits per heavy atom. The van der Waals surface area contributed by atoms with E-state index in [0.29, 0.717) is 11.6 Å². The minimum absolute atomic E-state index is 0.147. The van der Waals surface area contributed by atoms with E-state index < -0.39 is 0 Å². The monoisotopic (exact) mass is 251 g/mol. The Morgan fingerprint density at radius 1 is 0.889 bits per heavy atom. The van der Waals surface area contributed by atoms with Crippen molar-refractivity contribution in [2.75, 3.05) is 13.1 Å². The second kappa shape index (κ2) is 5.24. The molecule has 0 aliphatic carbocycles. The molecule has 3 rings (SSSR count). The minimum Gasteiger partial charge on any atom is -0.425 e. The number of rotatable bonds is 2. The molecule has 1 aromatic heterocycles. The van der Waals surface area contributed by atoms with Crippen LogP contribution < -0.4 is 10.6 Å². The largest absolute Gasteiger partial charge is 0.425 e. The SMILES string of the molecule is On1c(C2CCCCN2)nnc1C1CCCCN1. The van der Waals surface area contributed by atoms with Crippen LogP contribution in [0.25, 0.3) is 0 Å². The van der Waals surface area contributed by atoms with E-state index in [1.807, 2.05) is 0 Å². The lowest BCUT2D eigenvalue weighted by molar-refractivity contribution is 0.145. The number of hydrogen-bond acceptors (Lipinski definition) is 5. The van der Waals surface area contributed by atoms with Crippen LogP contribution in [-0.2, 0) is 0 Å². The summed E-state index contributed by atoms with van der Waals surface area (Å²) >= 11 is 0. The smallest absolute Gasteiger partial charge is 0.186 e. The van der Waals surface area contributed by atoms with Crippen LogP contribution in [0.3, 0.4) is 0 Å². The van der Waals surface area contributed by atoms with Crippen LogP contribution in [0, 0.1) is 0 Å². The first kappa shape index (κ1) is 11.9. The molecule has 0 bridgehead atoms. The third kappa shape index (κ3) is 2.22. The summed E-state index contributed by atoms with van der Waals surface area (Å²) in [6, 6.07) is 0.294. The summed E-state index contributed by atoms with van der Waals surface area (Å²) in [6.45, 7) is 1.99. The lowest BCUT2D eigenvalue weighted by Crippen LogP contribution is -2.31. The van der Waals surface area contributed by atoms with Gasteiger partial charge in [-0.25, -0.2) is 0 Å². The Bertz CT molecular complexity index is 358. The Morgan fingerprint density at radius 3 is 1.78 bits per heavy atom. The Hall–Kier alpha value is -1.14. The zero-order valence-corrected chi connectivity index (χ0v) is 10.6. The van der Waals surface area contributed by atoms with Gasteiger partial charge in [0.1, 0.15) is 0 Å². The highest BCUT2D eigenvalue weighted by Gasteiger charge is 2.27. The van der Waals surface area contributed by atoms with E-state index in [-0.39, 0.29) is 12.1 Å². The predicted octanol–water partition coefficient (Wildman–Crippen LogP) is 1.14. The van der Waals surface area contributed by atoms with Gasteiger partial charge in [0.2, 0.25) is 0 Å². The molecule has 3 heterocycles. The molecule has 0 saturated carbocycles. The van der Waals surface area contributed by atoms with Crippen LogP contribution in [0.4, 0.5) is 0 Å². The van der Waals surface area contributed by atoms with Crippen molar-refractivity contribution in [3.05, 3.63) is 11.6 Å². The summed E-state index contributed by atoms with van der Waals surface area (Å²) in [5.41, 5.74) is 0. The number of nitrogens with one attached hydrogen (secondary N) is 2. The highest BCUT2D eigenvalue weighted by molar-refractivity contribution is 5.04. The van der Waals surface area contributed by atoms with Gasteiger partial charge in [-0.2, -0.15) is 4.73 Å². The molecule has 18 heavy (non-hydrogen) atoms. The molecule has 2 unspecified atom stereocenters. The molecule has 0 radical (unpaired) electrons. The number of nitrogens with zero attached hydrogens (tertiary/aromatic N) is 3. The topological polar surface area (TPSA) is 75.0 Å². The highest BCUT2D eigenvalue weighted by Crippen LogP contribution is 2.25. The zero-order valence-electron chi connectivity index (χ0n) is 10.6. The summed E-state index contributed by atoms with van der Waals surface area (Å²) < 4.78 is 1.20. The summed E-state index contributed by atoms with van der Waals surface area (Å²) in [4.78, 5) is 0. The van der Waals surface area contributed by atoms with Gasteiger partial charge in [0.15, 0.2) is 11.6 Å². The third-order valence-electron chi connectivity index (χ3n) is 3.93. The van der Waals surface area contributed by atoms with Crippen molar-refractivity contribution in [3.63, 3.8) is 0 Å². The van der Waals surface area contributed by atoms with Crippen molar-refractivity contribution in [3.8, 4) is 0 Å². The normalized spacial score (nSPS) is 29.3. The Balaban J connectivity index is 1.78. The van der Waals surface area contributed by atoms with Gasteiger partial charge in [0, 0.05) is 0 Å². The fourth-order valence-electron chi connectivity index (χ4n) is 2.88. The van der Waals surface area contributed by atoms with Crippen LogP contribution in [-0.4, -0.2) is 33.2 Å². The number of aromatic nitrogens is 3. The van der Waals surface area contributed by atoms with Crippen LogP contribution in [0.15, 0.2) is 0 Å². The summed E-state index contributed by atoms with van der Waals surface area (Å²) in [6.07, 6.45) is 6.82. The molecule has 100 valence electrons. The van der Waals surface area contributed by atoms with Crippen molar-refractivity contribution >= 4 is 0 Å². The predicted molar refractivity (Wildman–Crippen MR) is 66.4 cm³/mol. The molecule has 2 fully saturated rings. The van der Waals surface area contributed by atoms with E-state index in [0.717, 1.165) is 25.9 Å². The second-order valence-corrected chi connectivity index (χ2v) is 5.23. The lowest BCUT2D eigenvalue weighted by Gasteiger charge is -2.24. The van der Waals surface area contributed by atoms with Crippen molar-refractivity contribution in [2.24, 2.45) is 0 Å². The number of piperidine rings is 2. The quantitative estimate of drug-likeness (QED) is 0.687. The molecule has 2 aliphatic rings. The first-order chi connectivity index (χ1) is 8.86. The molecule has 2 saturated heterocycles. The van der Waals surface area contributed by atoms with Gasteiger partial charge >= 0.3 is 0 Å². The maximum atomic E-state index is 10.2. The average molecular weight is 251 g/mol. The van der Waals surface area contributed by atoms with Gasteiger partial charge in [0.25, 0.3) is 0 Å². The van der Waals surface area contributed by atoms with E-state index in [4.69, 9.17) is 0 Å². The molecule has 1 aromatic rings. The van der Waals surface area contributed by atoms with Gasteiger partial charge in [-0.15, -0.1) is 10.2 Å². The second-order valence-electron chi connectivity index (χ2n) is 5.23. The molecule has 0 spiro atoms. The third-order valence-corrected chi connectivity index (χ3v) is 3.93. The summed E-state index contributed by atoms with van der Waals surface area (Å²) in [7, 11) is 0. The van der Waals surface area contributed by atoms with Crippen molar-refractivity contribution in [1.82, 2.24) is 25.6 Å². The Kier molecular flexibility index (Phi) is 3.47. The summed E-state index contributed by atoms with van der Waals surface area (Å²) in [5.74, 6) is 1.33. The first-order valence-corrected chi connectivity index (χ1v) is 6.97. The first-order valence-electron chi connectivity index (χ1n) is 6.97. The minimum atomic E-state index is 0.147. The van der Waals surface area contributed by atoms with E-state index in [1.54, 1.807) is 0 Å². The van der Waals surface area contributed by atoms with Crippen molar-refractivity contribution in [1.29, 1.82) is 0 Å². The van der Waals surface area contributed by atoms with Crippen LogP contribution in [0.2, 0.25) is 0 Å². The van der Waals surface area contributed by atoms with Gasteiger partial charge in [-0.05, 0) is 38.8 Å². The molecule has 3 N–H and O–H groups in total. The van der Waals surface area contributed by atoms with Gasteiger partial charge < -0.3 is 15.8 Å². The van der Waals surface area contributed by atoms with Crippen LogP contribution >= 0.6 is 0 Å². The Labute approximate surface area is 107 Å². The molecule has 2 aliphatic heterocycles. The molecule has 2 atom stereocenters. The molecule has 0 aromatic carbocycles. The molecule has 0 amide bonds. The van der Waals surface area contributed by atoms with E-state index in [1.165, 1.54) is 30.4 Å². The lowest BCUT2D eigenvalue weighted by atomic mass is 10.0. The van der Waals surface area contributed by atoms with Crippen molar-refractivity contribution in [2.45, 2.75) is 50.6 Å². The van der Waals surface area contributed by atoms with E-state index >= 15 is 0 Å². The maximum absolute atomic E-state index is 10.2. The molecule has 6 heteroatoms. The fraction of sp³-hybridized carbons (Fsp3) is 0.833. The van der Waals surface area contributed by atoms with Crippen LogP contribution in [0.5, 0.6) is 0 Å². The number of hydrogen-bond donors (Lipinski definition) is 3. The van der Waals surface area contributed by atoms with Gasteiger partial charge in [-0.3, -0.25) is 0 Å². The van der Waals surface area contributed by atoms with Crippen LogP contribution in [0.1, 0.15) is 62.3 Å². The molecule has 6 nitrogen and oxygen atoms in total. The average Bonchev–Trinajstić information content (AvgIpc) is 2.83. The highest BCUT2D eigenvalue weighted by atomic mass is 16.5. The van der Waals surface area contributed by atoms with Gasteiger partial charge in [-0.1, -0.05) is 12.8 Å². The standard InChI is InChI=1S/C12H21N5O/c18-17-11(9-5-1-3-7-13-9)15-16-12(17)10-6-2-4-8-14-10/h9-10,13-14,18H,1-8H2. The van der Waals surface area contributed by atoms with E-state index in [9.17, 15) is 5.21 Å². The maximum Gasteiger partial charge on any atom is 0.186 e. The summed E-state index contributed by atoms with van der Waals surface area (Å²) in [5, 5.41) is 25.4. The van der Waals surface area contributed by atoms with Gasteiger partial charge in [0.05, 0.1) is 12.1 Å². The molecular formula is C12H21N5O. The fourth-order valence-corrected chi connectivity index (χ4v) is 2.88. The van der Waals surface area contributed by atoms with Crippen molar-refractivity contribution < 1.29 is 5.21 Å². The van der Waals surface area contributed by atoms with E-state index in [2.05, 4.69) is 20.8 Å². The zero-order chi connectivity index (χ0) is 12.4. The molecular weight excluding hydrogens is 230 g/mol.